The van der Waals surface area contributed by atoms with E-state index in [0.717, 1.165) is 22.2 Å². The van der Waals surface area contributed by atoms with E-state index in [1.165, 1.54) is 16.9 Å². The number of carbonyl (C=O) groups is 1. The Hall–Kier alpha value is -2.40. The molecule has 1 aromatic heterocycles. The topological polar surface area (TPSA) is 54.0 Å². The molecule has 0 unspecified atom stereocenters. The first-order chi connectivity index (χ1) is 10.7. The van der Waals surface area contributed by atoms with E-state index in [0.29, 0.717) is 11.7 Å². The number of rotatable bonds is 4. The SMILES string of the molecule is Cc1cccc2sc(NC(=O)NCCc3ccccc3)nc12. The number of benzene rings is 2. The molecule has 3 aromatic rings. The summed E-state index contributed by atoms with van der Waals surface area (Å²) in [6.45, 7) is 2.62. The number of thiazole rings is 1. The summed E-state index contributed by atoms with van der Waals surface area (Å²) in [7, 11) is 0. The van der Waals surface area contributed by atoms with Crippen molar-refractivity contribution < 1.29 is 4.79 Å². The van der Waals surface area contributed by atoms with Gasteiger partial charge in [-0.25, -0.2) is 9.78 Å². The molecule has 4 nitrogen and oxygen atoms in total. The largest absolute Gasteiger partial charge is 0.337 e. The lowest BCUT2D eigenvalue weighted by atomic mass is 10.1. The highest BCUT2D eigenvalue weighted by atomic mass is 32.1. The third-order valence-electron chi connectivity index (χ3n) is 3.38. The molecule has 0 saturated heterocycles. The van der Waals surface area contributed by atoms with Crippen LogP contribution in [0, 0.1) is 6.92 Å². The lowest BCUT2D eigenvalue weighted by molar-refractivity contribution is 0.252. The zero-order chi connectivity index (χ0) is 15.4. The third-order valence-corrected chi connectivity index (χ3v) is 4.32. The Kier molecular flexibility index (Phi) is 4.34. The van der Waals surface area contributed by atoms with Crippen molar-refractivity contribution in [1.29, 1.82) is 0 Å². The number of nitrogens with one attached hydrogen (secondary N) is 2. The molecule has 0 fully saturated rings. The molecular weight excluding hydrogens is 294 g/mol. The quantitative estimate of drug-likeness (QED) is 0.766. The predicted octanol–water partition coefficient (Wildman–Crippen LogP) is 3.97. The molecule has 112 valence electrons. The maximum absolute atomic E-state index is 11.9. The van der Waals surface area contributed by atoms with Gasteiger partial charge in [0, 0.05) is 6.54 Å². The molecule has 0 radical (unpaired) electrons. The monoisotopic (exact) mass is 311 g/mol. The fourth-order valence-corrected chi connectivity index (χ4v) is 3.18. The molecule has 22 heavy (non-hydrogen) atoms. The van der Waals surface area contributed by atoms with E-state index in [1.54, 1.807) is 0 Å². The Morgan fingerprint density at radius 3 is 2.73 bits per heavy atom. The predicted molar refractivity (Wildman–Crippen MR) is 91.5 cm³/mol. The van der Waals surface area contributed by atoms with Crippen LogP contribution in [0.3, 0.4) is 0 Å². The van der Waals surface area contributed by atoms with Crippen LogP contribution >= 0.6 is 11.3 Å². The van der Waals surface area contributed by atoms with E-state index in [2.05, 4.69) is 27.8 Å². The molecule has 2 amide bonds. The van der Waals surface area contributed by atoms with E-state index >= 15 is 0 Å². The molecule has 0 bridgehead atoms. The van der Waals surface area contributed by atoms with Gasteiger partial charge in [0.15, 0.2) is 5.13 Å². The fourth-order valence-electron chi connectivity index (χ4n) is 2.25. The normalized spacial score (nSPS) is 10.6. The molecule has 5 heteroatoms. The number of nitrogens with zero attached hydrogens (tertiary/aromatic N) is 1. The summed E-state index contributed by atoms with van der Waals surface area (Å²) < 4.78 is 1.08. The summed E-state index contributed by atoms with van der Waals surface area (Å²) in [5.74, 6) is 0. The highest BCUT2D eigenvalue weighted by Crippen LogP contribution is 2.27. The van der Waals surface area contributed by atoms with Gasteiger partial charge in [0.2, 0.25) is 0 Å². The van der Waals surface area contributed by atoms with Gasteiger partial charge in [0.05, 0.1) is 10.2 Å². The number of urea groups is 1. The van der Waals surface area contributed by atoms with Crippen LogP contribution in [-0.2, 0) is 6.42 Å². The summed E-state index contributed by atoms with van der Waals surface area (Å²) in [5, 5.41) is 6.28. The minimum absolute atomic E-state index is 0.215. The van der Waals surface area contributed by atoms with E-state index in [1.807, 2.05) is 43.3 Å². The van der Waals surface area contributed by atoms with Crippen molar-refractivity contribution in [3.8, 4) is 0 Å². The number of fused-ring (bicyclic) bond motifs is 1. The molecule has 2 aromatic carbocycles. The van der Waals surface area contributed by atoms with Gasteiger partial charge in [-0.2, -0.15) is 0 Å². The Morgan fingerprint density at radius 1 is 1.14 bits per heavy atom. The third kappa shape index (κ3) is 3.43. The van der Waals surface area contributed by atoms with Gasteiger partial charge >= 0.3 is 6.03 Å². The second kappa shape index (κ2) is 6.58. The van der Waals surface area contributed by atoms with Crippen LogP contribution in [0.1, 0.15) is 11.1 Å². The van der Waals surface area contributed by atoms with E-state index < -0.39 is 0 Å². The Morgan fingerprint density at radius 2 is 1.95 bits per heavy atom. The molecule has 0 saturated carbocycles. The summed E-state index contributed by atoms with van der Waals surface area (Å²) in [6, 6.07) is 15.9. The zero-order valence-electron chi connectivity index (χ0n) is 12.3. The van der Waals surface area contributed by atoms with Crippen molar-refractivity contribution >= 4 is 32.7 Å². The van der Waals surface area contributed by atoms with Crippen molar-refractivity contribution in [2.75, 3.05) is 11.9 Å². The fraction of sp³-hybridized carbons (Fsp3) is 0.176. The molecular formula is C17H17N3OS. The number of aryl methyl sites for hydroxylation is 1. The highest BCUT2D eigenvalue weighted by Gasteiger charge is 2.08. The maximum atomic E-state index is 11.9. The maximum Gasteiger partial charge on any atom is 0.321 e. The Labute approximate surface area is 133 Å². The number of para-hydroxylation sites is 1. The van der Waals surface area contributed by atoms with Gasteiger partial charge in [-0.15, -0.1) is 0 Å². The first-order valence-corrected chi connectivity index (χ1v) is 7.99. The van der Waals surface area contributed by atoms with Crippen molar-refractivity contribution in [2.24, 2.45) is 0 Å². The van der Waals surface area contributed by atoms with Crippen molar-refractivity contribution in [3.63, 3.8) is 0 Å². The van der Waals surface area contributed by atoms with Crippen LogP contribution in [0.2, 0.25) is 0 Å². The van der Waals surface area contributed by atoms with Crippen LogP contribution in [-0.4, -0.2) is 17.6 Å². The molecule has 0 atom stereocenters. The second-order valence-corrected chi connectivity index (χ2v) is 6.09. The summed E-state index contributed by atoms with van der Waals surface area (Å²) in [4.78, 5) is 16.4. The van der Waals surface area contributed by atoms with Crippen molar-refractivity contribution in [3.05, 3.63) is 59.7 Å². The average molecular weight is 311 g/mol. The molecule has 1 heterocycles. The molecule has 0 aliphatic carbocycles. The van der Waals surface area contributed by atoms with E-state index in [4.69, 9.17) is 0 Å². The highest BCUT2D eigenvalue weighted by molar-refractivity contribution is 7.22. The van der Waals surface area contributed by atoms with Crippen molar-refractivity contribution in [1.82, 2.24) is 10.3 Å². The second-order valence-electron chi connectivity index (χ2n) is 5.06. The first-order valence-electron chi connectivity index (χ1n) is 7.17. The molecule has 3 rings (SSSR count). The lowest BCUT2D eigenvalue weighted by Crippen LogP contribution is -2.30. The van der Waals surface area contributed by atoms with Gasteiger partial charge in [-0.3, -0.25) is 5.32 Å². The summed E-state index contributed by atoms with van der Waals surface area (Å²) in [5.41, 5.74) is 3.27. The minimum Gasteiger partial charge on any atom is -0.337 e. The Bertz CT molecular complexity index is 783. The number of hydrogen-bond acceptors (Lipinski definition) is 3. The summed E-state index contributed by atoms with van der Waals surface area (Å²) in [6.07, 6.45) is 0.813. The van der Waals surface area contributed by atoms with Crippen LogP contribution in [0.25, 0.3) is 10.2 Å². The van der Waals surface area contributed by atoms with E-state index in [-0.39, 0.29) is 6.03 Å². The molecule has 2 N–H and O–H groups in total. The zero-order valence-corrected chi connectivity index (χ0v) is 13.1. The first kappa shape index (κ1) is 14.5. The smallest absolute Gasteiger partial charge is 0.321 e. The van der Waals surface area contributed by atoms with Gasteiger partial charge in [-0.05, 0) is 30.5 Å². The average Bonchev–Trinajstić information content (AvgIpc) is 2.92. The molecule has 0 spiro atoms. The number of anilines is 1. The van der Waals surface area contributed by atoms with Crippen LogP contribution in [0.4, 0.5) is 9.93 Å². The Balaban J connectivity index is 1.55. The van der Waals surface area contributed by atoms with Crippen LogP contribution < -0.4 is 10.6 Å². The number of hydrogen-bond donors (Lipinski definition) is 2. The minimum atomic E-state index is -0.215. The van der Waals surface area contributed by atoms with E-state index in [9.17, 15) is 4.79 Å². The van der Waals surface area contributed by atoms with Gasteiger partial charge in [0.1, 0.15) is 0 Å². The summed E-state index contributed by atoms with van der Waals surface area (Å²) >= 11 is 1.49. The van der Waals surface area contributed by atoms with Crippen molar-refractivity contribution in [2.45, 2.75) is 13.3 Å². The van der Waals surface area contributed by atoms with Gasteiger partial charge in [-0.1, -0.05) is 53.8 Å². The van der Waals surface area contributed by atoms with Gasteiger partial charge < -0.3 is 5.32 Å². The van der Waals surface area contributed by atoms with Crippen LogP contribution in [0.15, 0.2) is 48.5 Å². The standard InChI is InChI=1S/C17H17N3OS/c1-12-6-5-9-14-15(12)19-17(22-14)20-16(21)18-11-10-13-7-3-2-4-8-13/h2-9H,10-11H2,1H3,(H2,18,19,20,21). The number of amides is 2. The lowest BCUT2D eigenvalue weighted by Gasteiger charge is -2.05. The number of carbonyl (C=O) groups excluding carboxylic acids is 1. The molecule has 0 aliphatic heterocycles. The molecule has 0 aliphatic rings. The van der Waals surface area contributed by atoms with Gasteiger partial charge in [0.25, 0.3) is 0 Å². The van der Waals surface area contributed by atoms with Crippen LogP contribution in [0.5, 0.6) is 0 Å². The number of aromatic nitrogens is 1.